The predicted molar refractivity (Wildman–Crippen MR) is 44.3 cm³/mol. The number of carbonyl (C=O) groups is 1. The standard InChI is InChI=1S/C9H6F4O3/c1-15-8(14)4-2-5(10)7(11)6(3-4)16-9(12)13/h2-3,9H,1H3. The molecule has 7 heteroatoms. The fourth-order valence-corrected chi connectivity index (χ4v) is 0.981. The summed E-state index contributed by atoms with van der Waals surface area (Å²) >= 11 is 0. The summed E-state index contributed by atoms with van der Waals surface area (Å²) in [6, 6.07) is 1.16. The van der Waals surface area contributed by atoms with Crippen molar-refractivity contribution < 1.29 is 31.8 Å². The van der Waals surface area contributed by atoms with Gasteiger partial charge in [0.2, 0.25) is 5.82 Å². The predicted octanol–water partition coefficient (Wildman–Crippen LogP) is 2.35. The van der Waals surface area contributed by atoms with Gasteiger partial charge in [0.05, 0.1) is 12.7 Å². The fraction of sp³-hybridized carbons (Fsp3) is 0.222. The average Bonchev–Trinajstić information content (AvgIpc) is 2.22. The van der Waals surface area contributed by atoms with E-state index in [4.69, 9.17) is 0 Å². The molecule has 0 aromatic heterocycles. The molecular formula is C9H6F4O3. The van der Waals surface area contributed by atoms with Gasteiger partial charge in [-0.1, -0.05) is 0 Å². The summed E-state index contributed by atoms with van der Waals surface area (Å²) in [5, 5.41) is 0. The molecule has 0 spiro atoms. The number of benzene rings is 1. The van der Waals surface area contributed by atoms with E-state index in [-0.39, 0.29) is 0 Å². The van der Waals surface area contributed by atoms with Gasteiger partial charge in [-0.25, -0.2) is 9.18 Å². The quantitative estimate of drug-likeness (QED) is 0.599. The molecule has 1 aromatic carbocycles. The number of hydrogen-bond donors (Lipinski definition) is 0. The molecular weight excluding hydrogens is 232 g/mol. The summed E-state index contributed by atoms with van der Waals surface area (Å²) in [5.74, 6) is -5.10. The monoisotopic (exact) mass is 238 g/mol. The Bertz CT molecular complexity index is 406. The molecule has 0 bridgehead atoms. The van der Waals surface area contributed by atoms with E-state index in [0.29, 0.717) is 12.1 Å². The van der Waals surface area contributed by atoms with Crippen LogP contribution >= 0.6 is 0 Å². The molecule has 88 valence electrons. The van der Waals surface area contributed by atoms with Gasteiger partial charge in [-0.3, -0.25) is 0 Å². The zero-order valence-electron chi connectivity index (χ0n) is 7.97. The summed E-state index contributed by atoms with van der Waals surface area (Å²) in [5.41, 5.74) is -0.419. The molecule has 0 amide bonds. The van der Waals surface area contributed by atoms with Gasteiger partial charge in [0.15, 0.2) is 11.6 Å². The summed E-state index contributed by atoms with van der Waals surface area (Å²) < 4.78 is 57.4. The minimum Gasteiger partial charge on any atom is -0.465 e. The van der Waals surface area contributed by atoms with Crippen molar-refractivity contribution in [3.63, 3.8) is 0 Å². The molecule has 0 aliphatic heterocycles. The molecule has 1 rings (SSSR count). The Morgan fingerprint density at radius 1 is 1.31 bits per heavy atom. The highest BCUT2D eigenvalue weighted by atomic mass is 19.3. The number of rotatable bonds is 3. The van der Waals surface area contributed by atoms with Crippen molar-refractivity contribution in [2.45, 2.75) is 6.61 Å². The second kappa shape index (κ2) is 4.82. The van der Waals surface area contributed by atoms with Crippen LogP contribution in [0.15, 0.2) is 12.1 Å². The van der Waals surface area contributed by atoms with Gasteiger partial charge >= 0.3 is 12.6 Å². The van der Waals surface area contributed by atoms with Gasteiger partial charge in [0.1, 0.15) is 0 Å². The number of carbonyl (C=O) groups excluding carboxylic acids is 1. The highest BCUT2D eigenvalue weighted by Crippen LogP contribution is 2.24. The van der Waals surface area contributed by atoms with Crippen LogP contribution in [0.25, 0.3) is 0 Å². The van der Waals surface area contributed by atoms with Gasteiger partial charge in [-0.05, 0) is 12.1 Å². The molecule has 0 saturated carbocycles. The van der Waals surface area contributed by atoms with Crippen LogP contribution in [-0.2, 0) is 4.74 Å². The first-order chi connectivity index (χ1) is 7.45. The molecule has 16 heavy (non-hydrogen) atoms. The first-order valence-corrected chi connectivity index (χ1v) is 3.98. The number of ether oxygens (including phenoxy) is 2. The number of hydrogen-bond acceptors (Lipinski definition) is 3. The summed E-state index contributed by atoms with van der Waals surface area (Å²) in [6.07, 6.45) is 0. The lowest BCUT2D eigenvalue weighted by Crippen LogP contribution is -2.08. The molecule has 0 radical (unpaired) electrons. The van der Waals surface area contributed by atoms with Crippen LogP contribution in [0.5, 0.6) is 5.75 Å². The normalized spacial score (nSPS) is 10.4. The van der Waals surface area contributed by atoms with Crippen LogP contribution in [0.2, 0.25) is 0 Å². The van der Waals surface area contributed by atoms with Gasteiger partial charge in [0, 0.05) is 0 Å². The summed E-state index contributed by atoms with van der Waals surface area (Å²) in [7, 11) is 1.01. The Balaban J connectivity index is 3.16. The Labute approximate surface area is 87.6 Å². The first kappa shape index (κ1) is 12.3. The van der Waals surface area contributed by atoms with E-state index in [1.54, 1.807) is 0 Å². The summed E-state index contributed by atoms with van der Waals surface area (Å²) in [6.45, 7) is -3.32. The van der Waals surface area contributed by atoms with Crippen molar-refractivity contribution >= 4 is 5.97 Å². The van der Waals surface area contributed by atoms with E-state index in [2.05, 4.69) is 9.47 Å². The van der Waals surface area contributed by atoms with Crippen LogP contribution in [0, 0.1) is 11.6 Å². The van der Waals surface area contributed by atoms with Crippen LogP contribution in [0.4, 0.5) is 17.6 Å². The van der Waals surface area contributed by atoms with Crippen LogP contribution < -0.4 is 4.74 Å². The van der Waals surface area contributed by atoms with Gasteiger partial charge in [-0.15, -0.1) is 0 Å². The van der Waals surface area contributed by atoms with Crippen molar-refractivity contribution in [2.24, 2.45) is 0 Å². The Morgan fingerprint density at radius 2 is 1.94 bits per heavy atom. The number of esters is 1. The van der Waals surface area contributed by atoms with Gasteiger partial charge in [0.25, 0.3) is 0 Å². The van der Waals surface area contributed by atoms with E-state index in [1.165, 1.54) is 0 Å². The molecule has 1 aromatic rings. The molecule has 0 aliphatic rings. The van der Waals surface area contributed by atoms with E-state index < -0.39 is 35.5 Å². The lowest BCUT2D eigenvalue weighted by atomic mass is 10.2. The molecule has 0 aliphatic carbocycles. The minimum atomic E-state index is -3.32. The van der Waals surface area contributed by atoms with Gasteiger partial charge in [-0.2, -0.15) is 13.2 Å². The maximum Gasteiger partial charge on any atom is 0.387 e. The largest absolute Gasteiger partial charge is 0.465 e. The Morgan fingerprint density at radius 3 is 2.44 bits per heavy atom. The number of halogens is 4. The van der Waals surface area contributed by atoms with Crippen molar-refractivity contribution in [3.05, 3.63) is 29.3 Å². The van der Waals surface area contributed by atoms with Crippen LogP contribution in [0.1, 0.15) is 10.4 Å². The maximum atomic E-state index is 12.9. The number of alkyl halides is 2. The smallest absolute Gasteiger partial charge is 0.387 e. The second-order valence-electron chi connectivity index (χ2n) is 2.64. The molecule has 0 fully saturated rings. The highest BCUT2D eigenvalue weighted by Gasteiger charge is 2.18. The van der Waals surface area contributed by atoms with Crippen molar-refractivity contribution in [1.29, 1.82) is 0 Å². The van der Waals surface area contributed by atoms with Crippen LogP contribution in [-0.4, -0.2) is 19.7 Å². The third-order valence-corrected chi connectivity index (χ3v) is 1.63. The zero-order valence-corrected chi connectivity index (χ0v) is 7.97. The fourth-order valence-electron chi connectivity index (χ4n) is 0.981. The van der Waals surface area contributed by atoms with E-state index >= 15 is 0 Å². The third-order valence-electron chi connectivity index (χ3n) is 1.63. The van der Waals surface area contributed by atoms with E-state index in [9.17, 15) is 22.4 Å². The SMILES string of the molecule is COC(=O)c1cc(F)c(F)c(OC(F)F)c1. The maximum absolute atomic E-state index is 12.9. The lowest BCUT2D eigenvalue weighted by molar-refractivity contribution is -0.0526. The van der Waals surface area contributed by atoms with Crippen molar-refractivity contribution in [2.75, 3.05) is 7.11 Å². The third kappa shape index (κ3) is 2.62. The topological polar surface area (TPSA) is 35.5 Å². The Kier molecular flexibility index (Phi) is 3.70. The lowest BCUT2D eigenvalue weighted by Gasteiger charge is -2.07. The molecule has 3 nitrogen and oxygen atoms in total. The second-order valence-corrected chi connectivity index (χ2v) is 2.64. The summed E-state index contributed by atoms with van der Waals surface area (Å²) in [4.78, 5) is 11.0. The highest BCUT2D eigenvalue weighted by molar-refractivity contribution is 5.89. The average molecular weight is 238 g/mol. The number of methoxy groups -OCH3 is 1. The molecule has 0 heterocycles. The molecule has 0 N–H and O–H groups in total. The minimum absolute atomic E-state index is 0.419. The van der Waals surface area contributed by atoms with E-state index in [0.717, 1.165) is 7.11 Å². The first-order valence-electron chi connectivity index (χ1n) is 3.98. The zero-order chi connectivity index (χ0) is 12.3. The van der Waals surface area contributed by atoms with E-state index in [1.807, 2.05) is 0 Å². The molecule has 0 saturated heterocycles. The van der Waals surface area contributed by atoms with Crippen molar-refractivity contribution in [3.8, 4) is 5.75 Å². The molecule has 0 unspecified atom stereocenters. The molecule has 0 atom stereocenters. The Hall–Kier alpha value is -1.79. The van der Waals surface area contributed by atoms with Crippen LogP contribution in [0.3, 0.4) is 0 Å². The van der Waals surface area contributed by atoms with Gasteiger partial charge < -0.3 is 9.47 Å². The van der Waals surface area contributed by atoms with Crippen molar-refractivity contribution in [1.82, 2.24) is 0 Å².